The molecule has 0 unspecified atom stereocenters. The molecule has 0 aromatic carbocycles. The lowest BCUT2D eigenvalue weighted by molar-refractivity contribution is 0.109. The second kappa shape index (κ2) is 3.09. The van der Waals surface area contributed by atoms with Crippen LogP contribution in [0.2, 0.25) is 0 Å². The maximum Gasteiger partial charge on any atom is 0.250 e. The highest BCUT2D eigenvalue weighted by Gasteiger charge is 2.20. The Morgan fingerprint density at radius 2 is 2.33 bits per heavy atom. The fourth-order valence-electron chi connectivity index (χ4n) is 1.10. The van der Waals surface area contributed by atoms with E-state index in [2.05, 4.69) is 4.98 Å². The minimum absolute atomic E-state index is 0.141. The quantitative estimate of drug-likeness (QED) is 0.673. The molecule has 1 fully saturated rings. The second-order valence-corrected chi connectivity index (χ2v) is 2.96. The van der Waals surface area contributed by atoms with E-state index < -0.39 is 0 Å². The summed E-state index contributed by atoms with van der Waals surface area (Å²) in [5, 5.41) is 0. The summed E-state index contributed by atoms with van der Waals surface area (Å²) in [5.74, 6) is -0.230. The van der Waals surface area contributed by atoms with Gasteiger partial charge in [-0.2, -0.15) is 0 Å². The van der Waals surface area contributed by atoms with Gasteiger partial charge >= 0.3 is 0 Å². The number of hydrogen-bond donors (Lipinski definition) is 0. The Bertz CT molecular complexity index is 273. The van der Waals surface area contributed by atoms with Crippen molar-refractivity contribution >= 4 is 0 Å². The van der Waals surface area contributed by atoms with Crippen molar-refractivity contribution in [2.24, 2.45) is 0 Å². The molecule has 0 atom stereocenters. The van der Waals surface area contributed by atoms with Crippen molar-refractivity contribution in [3.05, 3.63) is 24.1 Å². The van der Waals surface area contributed by atoms with Gasteiger partial charge in [-0.1, -0.05) is 0 Å². The fourth-order valence-corrected chi connectivity index (χ4v) is 1.10. The van der Waals surface area contributed by atoms with E-state index in [9.17, 15) is 4.39 Å². The molecule has 2 nitrogen and oxygen atoms in total. The zero-order valence-corrected chi connectivity index (χ0v) is 6.66. The number of ether oxygens (including phenoxy) is 1. The van der Waals surface area contributed by atoms with Crippen LogP contribution in [0.15, 0.2) is 18.3 Å². The normalized spacial score (nSPS) is 17.1. The van der Waals surface area contributed by atoms with Crippen molar-refractivity contribution < 1.29 is 9.13 Å². The van der Waals surface area contributed by atoms with Crippen LogP contribution in [0.3, 0.4) is 0 Å². The maximum absolute atomic E-state index is 12.9. The number of aromatic nitrogens is 1. The molecule has 2 rings (SSSR count). The van der Waals surface area contributed by atoms with Gasteiger partial charge in [0.2, 0.25) is 0 Å². The molecule has 3 heteroatoms. The van der Waals surface area contributed by atoms with Crippen molar-refractivity contribution in [3.63, 3.8) is 0 Å². The molecule has 0 saturated heterocycles. The Labute approximate surface area is 70.4 Å². The van der Waals surface area contributed by atoms with Gasteiger partial charge in [0.1, 0.15) is 6.10 Å². The molecule has 0 amide bonds. The van der Waals surface area contributed by atoms with E-state index in [1.807, 2.05) is 0 Å². The molecule has 0 spiro atoms. The SMILES string of the molecule is Fc1cccnc1OC1CCC1. The topological polar surface area (TPSA) is 22.1 Å². The Balaban J connectivity index is 2.06. The van der Waals surface area contributed by atoms with E-state index >= 15 is 0 Å². The van der Waals surface area contributed by atoms with Gasteiger partial charge in [-0.3, -0.25) is 0 Å². The van der Waals surface area contributed by atoms with Gasteiger partial charge in [0.05, 0.1) is 0 Å². The van der Waals surface area contributed by atoms with E-state index in [-0.39, 0.29) is 17.8 Å². The molecular formula is C9H10FNO. The first kappa shape index (κ1) is 7.53. The monoisotopic (exact) mass is 167 g/mol. The van der Waals surface area contributed by atoms with Crippen LogP contribution >= 0.6 is 0 Å². The van der Waals surface area contributed by atoms with Gasteiger partial charge in [0.25, 0.3) is 5.88 Å². The highest BCUT2D eigenvalue weighted by atomic mass is 19.1. The molecule has 1 aromatic heterocycles. The van der Waals surface area contributed by atoms with Crippen LogP contribution in [0.4, 0.5) is 4.39 Å². The van der Waals surface area contributed by atoms with Crippen molar-refractivity contribution in [2.75, 3.05) is 0 Å². The van der Waals surface area contributed by atoms with E-state index in [0.29, 0.717) is 0 Å². The van der Waals surface area contributed by atoms with E-state index in [4.69, 9.17) is 4.74 Å². The van der Waals surface area contributed by atoms with E-state index in [0.717, 1.165) is 12.8 Å². The van der Waals surface area contributed by atoms with Gasteiger partial charge < -0.3 is 4.74 Å². The maximum atomic E-state index is 12.9. The average Bonchev–Trinajstić information content (AvgIpc) is 2.00. The van der Waals surface area contributed by atoms with Crippen LogP contribution in [-0.2, 0) is 0 Å². The summed E-state index contributed by atoms with van der Waals surface area (Å²) in [6.07, 6.45) is 4.96. The van der Waals surface area contributed by atoms with Crippen LogP contribution in [0, 0.1) is 5.82 Å². The van der Waals surface area contributed by atoms with Crippen molar-refractivity contribution in [1.82, 2.24) is 4.98 Å². The number of rotatable bonds is 2. The third-order valence-electron chi connectivity index (χ3n) is 2.06. The fraction of sp³-hybridized carbons (Fsp3) is 0.444. The van der Waals surface area contributed by atoms with Gasteiger partial charge in [-0.25, -0.2) is 9.37 Å². The standard InChI is InChI=1S/C9H10FNO/c10-8-5-2-6-11-9(8)12-7-3-1-4-7/h2,5-7H,1,3-4H2. The zero-order chi connectivity index (χ0) is 8.39. The lowest BCUT2D eigenvalue weighted by Gasteiger charge is -2.25. The summed E-state index contributed by atoms with van der Waals surface area (Å²) in [4.78, 5) is 3.80. The van der Waals surface area contributed by atoms with Gasteiger partial charge in [-0.05, 0) is 31.4 Å². The molecule has 1 saturated carbocycles. The Morgan fingerprint density at radius 3 is 2.92 bits per heavy atom. The molecule has 0 radical (unpaired) electrons. The molecule has 64 valence electrons. The van der Waals surface area contributed by atoms with E-state index in [1.165, 1.54) is 18.7 Å². The Kier molecular flexibility index (Phi) is 1.94. The molecule has 1 aromatic rings. The minimum Gasteiger partial charge on any atom is -0.472 e. The van der Waals surface area contributed by atoms with Crippen LogP contribution in [0.25, 0.3) is 0 Å². The summed E-state index contributed by atoms with van der Waals surface area (Å²) >= 11 is 0. The number of pyridine rings is 1. The number of hydrogen-bond acceptors (Lipinski definition) is 2. The molecule has 12 heavy (non-hydrogen) atoms. The molecule has 0 aliphatic heterocycles. The average molecular weight is 167 g/mol. The number of halogens is 1. The lowest BCUT2D eigenvalue weighted by atomic mass is 9.96. The first-order valence-corrected chi connectivity index (χ1v) is 4.13. The predicted octanol–water partition coefficient (Wildman–Crippen LogP) is 2.15. The van der Waals surface area contributed by atoms with Crippen LogP contribution in [0.1, 0.15) is 19.3 Å². The highest BCUT2D eigenvalue weighted by molar-refractivity contribution is 5.13. The largest absolute Gasteiger partial charge is 0.472 e. The summed E-state index contributed by atoms with van der Waals surface area (Å²) in [6, 6.07) is 2.92. The molecule has 0 N–H and O–H groups in total. The smallest absolute Gasteiger partial charge is 0.250 e. The van der Waals surface area contributed by atoms with Crippen molar-refractivity contribution in [2.45, 2.75) is 25.4 Å². The summed E-state index contributed by atoms with van der Waals surface area (Å²) in [7, 11) is 0. The van der Waals surface area contributed by atoms with Gasteiger partial charge in [0, 0.05) is 6.20 Å². The summed E-state index contributed by atoms with van der Waals surface area (Å²) < 4.78 is 18.2. The number of nitrogens with zero attached hydrogens (tertiary/aromatic N) is 1. The molecule has 1 aliphatic rings. The minimum atomic E-state index is -0.371. The third kappa shape index (κ3) is 1.40. The first-order chi connectivity index (χ1) is 5.86. The predicted molar refractivity (Wildman–Crippen MR) is 42.5 cm³/mol. The van der Waals surface area contributed by atoms with Gasteiger partial charge in [-0.15, -0.1) is 0 Å². The molecular weight excluding hydrogens is 157 g/mol. The zero-order valence-electron chi connectivity index (χ0n) is 6.66. The molecule has 1 aliphatic carbocycles. The summed E-state index contributed by atoms with van der Waals surface area (Å²) in [5.41, 5.74) is 0. The first-order valence-electron chi connectivity index (χ1n) is 4.13. The molecule has 1 heterocycles. The van der Waals surface area contributed by atoms with Gasteiger partial charge in [0.15, 0.2) is 5.82 Å². The van der Waals surface area contributed by atoms with Crippen LogP contribution in [-0.4, -0.2) is 11.1 Å². The lowest BCUT2D eigenvalue weighted by Crippen LogP contribution is -2.25. The van der Waals surface area contributed by atoms with Crippen molar-refractivity contribution in [3.8, 4) is 5.88 Å². The van der Waals surface area contributed by atoms with Crippen LogP contribution < -0.4 is 4.74 Å². The third-order valence-corrected chi connectivity index (χ3v) is 2.06. The van der Waals surface area contributed by atoms with E-state index in [1.54, 1.807) is 6.07 Å². The highest BCUT2D eigenvalue weighted by Crippen LogP contribution is 2.24. The van der Waals surface area contributed by atoms with Crippen molar-refractivity contribution in [1.29, 1.82) is 0 Å². The van der Waals surface area contributed by atoms with Crippen LogP contribution in [0.5, 0.6) is 5.88 Å². The Hall–Kier alpha value is -1.12. The summed E-state index contributed by atoms with van der Waals surface area (Å²) in [6.45, 7) is 0. The second-order valence-electron chi connectivity index (χ2n) is 2.96. The molecule has 0 bridgehead atoms. The Morgan fingerprint density at radius 1 is 1.50 bits per heavy atom.